The van der Waals surface area contributed by atoms with Gasteiger partial charge in [0.15, 0.2) is 5.76 Å². The number of nitrogens with one attached hydrogen (secondary N) is 1. The number of hydrogen-bond donors (Lipinski definition) is 1. The highest BCUT2D eigenvalue weighted by molar-refractivity contribution is 6.42. The number of piperazine rings is 1. The summed E-state index contributed by atoms with van der Waals surface area (Å²) >= 11 is 12.7. The Labute approximate surface area is 219 Å². The smallest absolute Gasteiger partial charge is 0.338 e. The third-order valence-electron chi connectivity index (χ3n) is 6.44. The standard InChI is InChI=1S/C25H28Cl2N4O5/c1-4-35-24(33)20-18(29(3)25(34)28-22(20)16-7-5-8-17(26)21(16)27)14-30-10-11-31(15(2)13-30)23(32)19-9-6-12-36-19/h5-9,12,15,22H,4,10-11,13-14H2,1-3H3,(H,28,34)/t15-,22-/m1/s1. The summed E-state index contributed by atoms with van der Waals surface area (Å²) in [4.78, 5) is 44.3. The van der Waals surface area contributed by atoms with Crippen molar-refractivity contribution in [3.8, 4) is 0 Å². The first kappa shape index (κ1) is 26.1. The summed E-state index contributed by atoms with van der Waals surface area (Å²) in [7, 11) is 1.61. The Kier molecular flexibility index (Phi) is 7.92. The molecule has 2 atom stereocenters. The molecule has 2 aliphatic heterocycles. The first-order chi connectivity index (χ1) is 17.2. The maximum Gasteiger partial charge on any atom is 0.338 e. The second kappa shape index (κ2) is 10.9. The van der Waals surface area contributed by atoms with Gasteiger partial charge < -0.3 is 19.4 Å². The Bertz CT molecular complexity index is 1180. The van der Waals surface area contributed by atoms with Crippen molar-refractivity contribution in [1.82, 2.24) is 20.0 Å². The first-order valence-electron chi connectivity index (χ1n) is 11.7. The van der Waals surface area contributed by atoms with Crippen molar-refractivity contribution in [3.63, 3.8) is 0 Å². The van der Waals surface area contributed by atoms with Gasteiger partial charge in [-0.2, -0.15) is 0 Å². The van der Waals surface area contributed by atoms with E-state index in [1.807, 2.05) is 6.92 Å². The Balaban J connectivity index is 1.65. The van der Waals surface area contributed by atoms with Crippen molar-refractivity contribution in [1.29, 1.82) is 0 Å². The van der Waals surface area contributed by atoms with E-state index in [9.17, 15) is 14.4 Å². The fourth-order valence-electron chi connectivity index (χ4n) is 4.61. The lowest BCUT2D eigenvalue weighted by Crippen LogP contribution is -2.56. The fourth-order valence-corrected chi connectivity index (χ4v) is 5.02. The molecule has 0 saturated carbocycles. The van der Waals surface area contributed by atoms with E-state index in [0.717, 1.165) is 0 Å². The number of carbonyl (C=O) groups is 3. The van der Waals surface area contributed by atoms with Gasteiger partial charge in [-0.15, -0.1) is 0 Å². The van der Waals surface area contributed by atoms with E-state index < -0.39 is 12.0 Å². The van der Waals surface area contributed by atoms with E-state index in [0.29, 0.717) is 53.8 Å². The zero-order chi connectivity index (χ0) is 26.0. The van der Waals surface area contributed by atoms with Gasteiger partial charge in [-0.1, -0.05) is 35.3 Å². The molecule has 0 bridgehead atoms. The summed E-state index contributed by atoms with van der Waals surface area (Å²) in [5.74, 6) is -0.406. The van der Waals surface area contributed by atoms with Crippen LogP contribution in [0.25, 0.3) is 0 Å². The number of rotatable bonds is 6. The highest BCUT2D eigenvalue weighted by Crippen LogP contribution is 2.37. The third kappa shape index (κ3) is 5.09. The van der Waals surface area contributed by atoms with Crippen LogP contribution >= 0.6 is 23.2 Å². The number of ether oxygens (including phenoxy) is 1. The van der Waals surface area contributed by atoms with Crippen LogP contribution in [0.15, 0.2) is 52.3 Å². The van der Waals surface area contributed by atoms with Crippen LogP contribution in [0.5, 0.6) is 0 Å². The van der Waals surface area contributed by atoms with Crippen LogP contribution in [0, 0.1) is 0 Å². The topological polar surface area (TPSA) is 95.3 Å². The molecule has 1 fully saturated rings. The number of esters is 1. The second-order valence-corrected chi connectivity index (χ2v) is 9.51. The number of nitrogens with zero attached hydrogens (tertiary/aromatic N) is 3. The van der Waals surface area contributed by atoms with Crippen LogP contribution in [-0.4, -0.2) is 78.5 Å². The number of furan rings is 1. The number of urea groups is 1. The fraction of sp³-hybridized carbons (Fsp3) is 0.400. The van der Waals surface area contributed by atoms with Gasteiger partial charge in [-0.05, 0) is 37.6 Å². The minimum Gasteiger partial charge on any atom is -0.463 e. The minimum atomic E-state index is -0.826. The molecule has 4 rings (SSSR count). The molecular formula is C25H28Cl2N4O5. The minimum absolute atomic E-state index is 0.108. The molecule has 0 unspecified atom stereocenters. The molecule has 2 aliphatic rings. The summed E-state index contributed by atoms with van der Waals surface area (Å²) in [5.41, 5.74) is 1.31. The van der Waals surface area contributed by atoms with E-state index in [4.69, 9.17) is 32.4 Å². The molecule has 36 heavy (non-hydrogen) atoms. The Hall–Kier alpha value is -3.01. The van der Waals surface area contributed by atoms with Crippen LogP contribution < -0.4 is 5.32 Å². The summed E-state index contributed by atoms with van der Waals surface area (Å²) < 4.78 is 10.7. The molecule has 1 aromatic heterocycles. The SMILES string of the molecule is CCOC(=O)C1=C(CN2CCN(C(=O)c3ccco3)[C@H](C)C2)N(C)C(=O)N[C@@H]1c1cccc(Cl)c1Cl. The van der Waals surface area contributed by atoms with Crippen molar-refractivity contribution in [2.75, 3.05) is 39.8 Å². The molecule has 192 valence electrons. The highest BCUT2D eigenvalue weighted by atomic mass is 35.5. The molecule has 2 aromatic rings. The number of amides is 3. The van der Waals surface area contributed by atoms with Crippen LogP contribution in [0.3, 0.4) is 0 Å². The van der Waals surface area contributed by atoms with Crippen LogP contribution in [0.4, 0.5) is 4.79 Å². The van der Waals surface area contributed by atoms with Gasteiger partial charge in [0, 0.05) is 45.0 Å². The lowest BCUT2D eigenvalue weighted by molar-refractivity contribution is -0.139. The number of halogens is 2. The predicted molar refractivity (Wildman–Crippen MR) is 135 cm³/mol. The van der Waals surface area contributed by atoms with Gasteiger partial charge in [0.25, 0.3) is 5.91 Å². The van der Waals surface area contributed by atoms with Gasteiger partial charge in [-0.25, -0.2) is 9.59 Å². The molecule has 0 radical (unpaired) electrons. The van der Waals surface area contributed by atoms with Crippen LogP contribution in [0.1, 0.15) is 36.0 Å². The maximum atomic E-state index is 13.2. The molecule has 9 nitrogen and oxygen atoms in total. The summed E-state index contributed by atoms with van der Waals surface area (Å²) in [6.07, 6.45) is 1.48. The summed E-state index contributed by atoms with van der Waals surface area (Å²) in [5, 5.41) is 3.43. The molecular weight excluding hydrogens is 507 g/mol. The number of hydrogen-bond acceptors (Lipinski definition) is 6. The lowest BCUT2D eigenvalue weighted by Gasteiger charge is -2.42. The molecule has 1 saturated heterocycles. The summed E-state index contributed by atoms with van der Waals surface area (Å²) in [6, 6.07) is 7.11. The highest BCUT2D eigenvalue weighted by Gasteiger charge is 2.39. The average molecular weight is 535 g/mol. The zero-order valence-corrected chi connectivity index (χ0v) is 21.8. The lowest BCUT2D eigenvalue weighted by atomic mass is 9.94. The van der Waals surface area contributed by atoms with Gasteiger partial charge in [0.1, 0.15) is 0 Å². The van der Waals surface area contributed by atoms with Crippen molar-refractivity contribution in [2.45, 2.75) is 25.9 Å². The molecule has 3 heterocycles. The Morgan fingerprint density at radius 3 is 2.64 bits per heavy atom. The second-order valence-electron chi connectivity index (χ2n) is 8.73. The zero-order valence-electron chi connectivity index (χ0n) is 20.3. The first-order valence-corrected chi connectivity index (χ1v) is 12.4. The van der Waals surface area contributed by atoms with E-state index >= 15 is 0 Å². The number of carbonyl (C=O) groups excluding carboxylic acids is 3. The molecule has 0 aliphatic carbocycles. The van der Waals surface area contributed by atoms with E-state index in [1.165, 1.54) is 11.2 Å². The van der Waals surface area contributed by atoms with Gasteiger partial charge in [-0.3, -0.25) is 14.6 Å². The third-order valence-corrected chi connectivity index (χ3v) is 7.28. The van der Waals surface area contributed by atoms with Crippen LogP contribution in [0.2, 0.25) is 10.0 Å². The average Bonchev–Trinajstić information content (AvgIpc) is 3.38. The van der Waals surface area contributed by atoms with Gasteiger partial charge in [0.05, 0.1) is 34.5 Å². The van der Waals surface area contributed by atoms with Gasteiger partial charge in [0.2, 0.25) is 0 Å². The number of benzene rings is 1. The van der Waals surface area contributed by atoms with E-state index in [-0.39, 0.29) is 29.6 Å². The van der Waals surface area contributed by atoms with E-state index in [1.54, 1.807) is 49.2 Å². The van der Waals surface area contributed by atoms with Crippen molar-refractivity contribution >= 4 is 41.1 Å². The Morgan fingerprint density at radius 2 is 1.97 bits per heavy atom. The molecule has 1 aromatic carbocycles. The summed E-state index contributed by atoms with van der Waals surface area (Å²) in [6.45, 7) is 5.73. The van der Waals surface area contributed by atoms with Crippen LogP contribution in [-0.2, 0) is 9.53 Å². The Morgan fingerprint density at radius 1 is 1.19 bits per heavy atom. The van der Waals surface area contributed by atoms with E-state index in [2.05, 4.69) is 10.2 Å². The molecule has 1 N–H and O–H groups in total. The molecule has 11 heteroatoms. The van der Waals surface area contributed by atoms with Crippen molar-refractivity contribution in [3.05, 3.63) is 69.2 Å². The predicted octanol–water partition coefficient (Wildman–Crippen LogP) is 3.95. The van der Waals surface area contributed by atoms with Gasteiger partial charge >= 0.3 is 12.0 Å². The van der Waals surface area contributed by atoms with Crippen molar-refractivity contribution < 1.29 is 23.5 Å². The number of likely N-dealkylation sites (N-methyl/N-ethyl adjacent to an activating group) is 1. The molecule has 3 amide bonds. The quantitative estimate of drug-likeness (QED) is 0.563. The normalized spacial score (nSPS) is 21.0. The maximum absolute atomic E-state index is 13.2. The van der Waals surface area contributed by atoms with Crippen molar-refractivity contribution in [2.24, 2.45) is 0 Å². The monoisotopic (exact) mass is 534 g/mol. The largest absolute Gasteiger partial charge is 0.463 e. The molecule has 0 spiro atoms.